The third-order valence-corrected chi connectivity index (χ3v) is 5.69. The summed E-state index contributed by atoms with van der Waals surface area (Å²) < 4.78 is 16.5. The van der Waals surface area contributed by atoms with Crippen LogP contribution in [0.3, 0.4) is 0 Å². The number of rotatable bonds is 5. The van der Waals surface area contributed by atoms with Gasteiger partial charge < -0.3 is 10.2 Å². The van der Waals surface area contributed by atoms with E-state index in [0.717, 1.165) is 28.9 Å². The molecule has 1 aromatic carbocycles. The van der Waals surface area contributed by atoms with Crippen LogP contribution in [0.5, 0.6) is 0 Å². The normalized spacial score (nSPS) is 13.8. The molecule has 162 valence electrons. The van der Waals surface area contributed by atoms with E-state index in [9.17, 15) is 14.0 Å². The van der Waals surface area contributed by atoms with E-state index in [-0.39, 0.29) is 23.3 Å². The van der Waals surface area contributed by atoms with Crippen LogP contribution in [-0.2, 0) is 26.7 Å². The Bertz CT molecular complexity index is 1130. The molecule has 0 saturated carbocycles. The minimum absolute atomic E-state index is 0.188. The van der Waals surface area contributed by atoms with Gasteiger partial charge in [0.25, 0.3) is 11.8 Å². The first kappa shape index (κ1) is 20.8. The van der Waals surface area contributed by atoms with Crippen molar-refractivity contribution in [1.82, 2.24) is 29.8 Å². The number of nitrogens with one attached hydrogen (secondary N) is 1. The molecule has 1 aliphatic rings. The predicted octanol–water partition coefficient (Wildman–Crippen LogP) is 2.35. The van der Waals surface area contributed by atoms with Crippen molar-refractivity contribution in [2.75, 3.05) is 6.54 Å². The number of aryl methyl sites for hydroxylation is 3. The van der Waals surface area contributed by atoms with E-state index in [0.29, 0.717) is 31.9 Å². The molecule has 1 N–H and O–H groups in total. The zero-order valence-electron chi connectivity index (χ0n) is 17.9. The topological polar surface area (TPSA) is 85.1 Å². The molecule has 0 bridgehead atoms. The Morgan fingerprint density at radius 1 is 1.16 bits per heavy atom. The molecule has 4 rings (SSSR count). The van der Waals surface area contributed by atoms with Gasteiger partial charge in [0.2, 0.25) is 0 Å². The highest BCUT2D eigenvalue weighted by Crippen LogP contribution is 2.17. The summed E-state index contributed by atoms with van der Waals surface area (Å²) in [7, 11) is 1.86. The molecule has 2 amide bonds. The highest BCUT2D eigenvalue weighted by atomic mass is 19.1. The van der Waals surface area contributed by atoms with Crippen molar-refractivity contribution in [1.29, 1.82) is 0 Å². The average molecular weight is 424 g/mol. The summed E-state index contributed by atoms with van der Waals surface area (Å²) >= 11 is 0. The lowest BCUT2D eigenvalue weighted by molar-refractivity contribution is 0.0745. The van der Waals surface area contributed by atoms with Gasteiger partial charge in [-0.25, -0.2) is 4.39 Å². The van der Waals surface area contributed by atoms with Crippen molar-refractivity contribution in [2.45, 2.75) is 39.9 Å². The Labute approximate surface area is 179 Å². The highest BCUT2D eigenvalue weighted by molar-refractivity contribution is 5.98. The maximum absolute atomic E-state index is 13.2. The molecule has 0 radical (unpaired) electrons. The van der Waals surface area contributed by atoms with Crippen molar-refractivity contribution in [3.05, 3.63) is 70.1 Å². The lowest BCUT2D eigenvalue weighted by atomic mass is 10.2. The van der Waals surface area contributed by atoms with Crippen LogP contribution in [0.25, 0.3) is 0 Å². The molecule has 0 unspecified atom stereocenters. The number of amides is 2. The second kappa shape index (κ2) is 8.33. The van der Waals surface area contributed by atoms with Gasteiger partial charge in [-0.15, -0.1) is 0 Å². The number of nitrogens with zero attached hydrogens (tertiary/aromatic N) is 5. The fourth-order valence-electron chi connectivity index (χ4n) is 3.84. The van der Waals surface area contributed by atoms with E-state index >= 15 is 0 Å². The number of aromatic nitrogens is 4. The Kier molecular flexibility index (Phi) is 5.58. The van der Waals surface area contributed by atoms with E-state index in [1.165, 1.54) is 12.1 Å². The van der Waals surface area contributed by atoms with E-state index in [2.05, 4.69) is 15.5 Å². The van der Waals surface area contributed by atoms with Crippen molar-refractivity contribution >= 4 is 11.8 Å². The van der Waals surface area contributed by atoms with E-state index < -0.39 is 0 Å². The van der Waals surface area contributed by atoms with Gasteiger partial charge in [-0.2, -0.15) is 10.2 Å². The second-order valence-electron chi connectivity index (χ2n) is 7.80. The first-order chi connectivity index (χ1) is 14.8. The first-order valence-electron chi connectivity index (χ1n) is 10.2. The number of carbonyl (C=O) groups is 2. The fourth-order valence-corrected chi connectivity index (χ4v) is 3.84. The van der Waals surface area contributed by atoms with Gasteiger partial charge in [-0.05, 0) is 38.0 Å². The van der Waals surface area contributed by atoms with Crippen molar-refractivity contribution < 1.29 is 14.0 Å². The summed E-state index contributed by atoms with van der Waals surface area (Å²) in [5.74, 6) is -0.829. The number of carbonyl (C=O) groups excluding carboxylic acids is 2. The summed E-state index contributed by atoms with van der Waals surface area (Å²) in [6.07, 6.45) is 0.719. The largest absolute Gasteiger partial charge is 0.346 e. The van der Waals surface area contributed by atoms with Crippen LogP contribution in [-0.4, -0.2) is 42.8 Å². The molecule has 1 aliphatic heterocycles. The van der Waals surface area contributed by atoms with Crippen LogP contribution in [0.2, 0.25) is 0 Å². The molecule has 0 spiro atoms. The number of hydrogen-bond acceptors (Lipinski definition) is 4. The molecule has 3 heterocycles. The summed E-state index contributed by atoms with van der Waals surface area (Å²) in [6.45, 7) is 5.70. The second-order valence-corrected chi connectivity index (χ2v) is 7.80. The Morgan fingerprint density at radius 2 is 1.90 bits per heavy atom. The fraction of sp³-hybridized carbons (Fsp3) is 0.364. The molecule has 31 heavy (non-hydrogen) atoms. The summed E-state index contributed by atoms with van der Waals surface area (Å²) in [6, 6.07) is 7.66. The Balaban J connectivity index is 1.48. The van der Waals surface area contributed by atoms with Crippen LogP contribution >= 0.6 is 0 Å². The molecular weight excluding hydrogens is 399 g/mol. The third-order valence-electron chi connectivity index (χ3n) is 5.69. The van der Waals surface area contributed by atoms with Crippen LogP contribution < -0.4 is 5.32 Å². The monoisotopic (exact) mass is 424 g/mol. The van der Waals surface area contributed by atoms with Crippen molar-refractivity contribution in [2.24, 2.45) is 7.05 Å². The number of fused-ring (bicyclic) bond motifs is 1. The quantitative estimate of drug-likeness (QED) is 0.681. The minimum atomic E-state index is -0.332. The minimum Gasteiger partial charge on any atom is -0.346 e. The molecule has 0 fully saturated rings. The molecule has 0 aliphatic carbocycles. The van der Waals surface area contributed by atoms with Crippen molar-refractivity contribution in [3.8, 4) is 0 Å². The maximum Gasteiger partial charge on any atom is 0.272 e. The van der Waals surface area contributed by atoms with Gasteiger partial charge in [0.15, 0.2) is 5.69 Å². The standard InChI is InChI=1S/C22H25FN6O2/c1-14-18(15(2)27(3)25-14)12-24-21(30)19-11-20-22(31)28(9-4-10-29(20)26-19)13-16-5-7-17(23)8-6-16/h5-8,11H,4,9-10,12-13H2,1-3H3,(H,24,30). The molecule has 2 aromatic heterocycles. The van der Waals surface area contributed by atoms with Gasteiger partial charge >= 0.3 is 0 Å². The van der Waals surface area contributed by atoms with Crippen LogP contribution in [0.4, 0.5) is 4.39 Å². The van der Waals surface area contributed by atoms with E-state index in [1.807, 2.05) is 20.9 Å². The van der Waals surface area contributed by atoms with Gasteiger partial charge in [0.05, 0.1) is 5.69 Å². The average Bonchev–Trinajstić information content (AvgIpc) is 3.23. The lowest BCUT2D eigenvalue weighted by Gasteiger charge is -2.20. The maximum atomic E-state index is 13.2. The van der Waals surface area contributed by atoms with Gasteiger partial charge in [-0.3, -0.25) is 19.0 Å². The summed E-state index contributed by atoms with van der Waals surface area (Å²) in [4.78, 5) is 27.5. The van der Waals surface area contributed by atoms with E-state index in [4.69, 9.17) is 0 Å². The first-order valence-corrected chi connectivity index (χ1v) is 10.2. The van der Waals surface area contributed by atoms with Gasteiger partial charge in [0.1, 0.15) is 11.5 Å². The molecule has 0 atom stereocenters. The molecular formula is C22H25FN6O2. The lowest BCUT2D eigenvalue weighted by Crippen LogP contribution is -2.30. The van der Waals surface area contributed by atoms with Crippen LogP contribution in [0.1, 0.15) is 49.9 Å². The zero-order chi connectivity index (χ0) is 22.1. The van der Waals surface area contributed by atoms with Crippen LogP contribution in [0, 0.1) is 19.7 Å². The third kappa shape index (κ3) is 4.21. The Hall–Kier alpha value is -3.49. The molecule has 0 saturated heterocycles. The Morgan fingerprint density at radius 3 is 2.58 bits per heavy atom. The molecule has 3 aromatic rings. The van der Waals surface area contributed by atoms with Gasteiger partial charge in [0, 0.05) is 50.6 Å². The number of halogens is 1. The number of benzene rings is 1. The van der Waals surface area contributed by atoms with E-state index in [1.54, 1.807) is 32.5 Å². The van der Waals surface area contributed by atoms with Crippen molar-refractivity contribution in [3.63, 3.8) is 0 Å². The van der Waals surface area contributed by atoms with Crippen LogP contribution in [0.15, 0.2) is 30.3 Å². The zero-order valence-corrected chi connectivity index (χ0v) is 17.9. The predicted molar refractivity (Wildman–Crippen MR) is 112 cm³/mol. The molecule has 9 heteroatoms. The summed E-state index contributed by atoms with van der Waals surface area (Å²) in [5, 5.41) is 11.6. The SMILES string of the molecule is Cc1nn(C)c(C)c1CNC(=O)c1cc2n(n1)CCCN(Cc1ccc(F)cc1)C2=O. The smallest absolute Gasteiger partial charge is 0.272 e. The summed E-state index contributed by atoms with van der Waals surface area (Å²) in [5.41, 5.74) is 4.28. The van der Waals surface area contributed by atoms with Gasteiger partial charge in [-0.1, -0.05) is 12.1 Å². The highest BCUT2D eigenvalue weighted by Gasteiger charge is 2.26. The number of hydrogen-bond donors (Lipinski definition) is 1. The molecule has 8 nitrogen and oxygen atoms in total.